The van der Waals surface area contributed by atoms with Crippen LogP contribution in [0.15, 0.2) is 24.3 Å². The summed E-state index contributed by atoms with van der Waals surface area (Å²) in [5, 5.41) is 8.72. The molecule has 18 heavy (non-hydrogen) atoms. The van der Waals surface area contributed by atoms with Crippen LogP contribution in [0.1, 0.15) is 5.56 Å². The van der Waals surface area contributed by atoms with E-state index >= 15 is 0 Å². The topological polar surface area (TPSA) is 79.3 Å². The number of nitrogens with zero attached hydrogens (tertiary/aromatic N) is 2. The van der Waals surface area contributed by atoms with Crippen LogP contribution in [-0.2, 0) is 9.53 Å². The Morgan fingerprint density at radius 1 is 1.44 bits per heavy atom. The van der Waals surface area contributed by atoms with Crippen molar-refractivity contribution in [3.05, 3.63) is 29.8 Å². The number of nitrogens with two attached hydrogens (primary N) is 1. The maximum absolute atomic E-state index is 12.2. The van der Waals surface area contributed by atoms with Gasteiger partial charge in [0.25, 0.3) is 0 Å². The molecule has 5 nitrogen and oxygen atoms in total. The average Bonchev–Trinajstić information content (AvgIpc) is 2.83. The number of hydrogen-bond donors (Lipinski definition) is 1. The fraction of sp³-hybridized carbons (Fsp3) is 0.385. The molecule has 1 amide bonds. The largest absolute Gasteiger partial charge is 0.379 e. The number of amides is 1. The van der Waals surface area contributed by atoms with Crippen molar-refractivity contribution in [2.45, 2.75) is 6.04 Å². The maximum Gasteiger partial charge on any atom is 0.233 e. The normalized spacial score (nSPS) is 22.5. The SMILES string of the molecule is CN(C(=O)C1COCC1N)c1ccc(C#N)cc1. The van der Waals surface area contributed by atoms with Gasteiger partial charge in [0.1, 0.15) is 0 Å². The van der Waals surface area contributed by atoms with E-state index in [0.29, 0.717) is 18.8 Å². The van der Waals surface area contributed by atoms with Crippen LogP contribution >= 0.6 is 0 Å². The Hall–Kier alpha value is -1.90. The number of anilines is 1. The van der Waals surface area contributed by atoms with Crippen molar-refractivity contribution >= 4 is 11.6 Å². The first-order valence-electron chi connectivity index (χ1n) is 5.74. The van der Waals surface area contributed by atoms with Crippen LogP contribution < -0.4 is 10.6 Å². The summed E-state index contributed by atoms with van der Waals surface area (Å²) < 4.78 is 5.20. The van der Waals surface area contributed by atoms with Gasteiger partial charge in [0, 0.05) is 18.8 Å². The number of carbonyl (C=O) groups excluding carboxylic acids is 1. The number of ether oxygens (including phenoxy) is 1. The van der Waals surface area contributed by atoms with Gasteiger partial charge in [-0.05, 0) is 24.3 Å². The zero-order valence-electron chi connectivity index (χ0n) is 10.2. The van der Waals surface area contributed by atoms with Crippen molar-refractivity contribution in [2.24, 2.45) is 11.7 Å². The molecule has 2 unspecified atom stereocenters. The van der Waals surface area contributed by atoms with Crippen molar-refractivity contribution < 1.29 is 9.53 Å². The second-order valence-corrected chi connectivity index (χ2v) is 4.36. The van der Waals surface area contributed by atoms with E-state index in [1.165, 1.54) is 0 Å². The zero-order chi connectivity index (χ0) is 13.1. The third-order valence-corrected chi connectivity index (χ3v) is 3.16. The molecule has 0 aromatic heterocycles. The lowest BCUT2D eigenvalue weighted by atomic mass is 10.0. The summed E-state index contributed by atoms with van der Waals surface area (Å²) in [6.07, 6.45) is 0. The first-order chi connectivity index (χ1) is 8.63. The van der Waals surface area contributed by atoms with Gasteiger partial charge in [0.2, 0.25) is 5.91 Å². The fourth-order valence-electron chi connectivity index (χ4n) is 1.96. The Bertz CT molecular complexity index is 478. The molecule has 2 N–H and O–H groups in total. The summed E-state index contributed by atoms with van der Waals surface area (Å²) >= 11 is 0. The summed E-state index contributed by atoms with van der Waals surface area (Å²) in [7, 11) is 1.70. The predicted octanol–water partition coefficient (Wildman–Crippen LogP) is 0.495. The van der Waals surface area contributed by atoms with Gasteiger partial charge in [-0.2, -0.15) is 5.26 Å². The molecule has 1 heterocycles. The third-order valence-electron chi connectivity index (χ3n) is 3.16. The number of benzene rings is 1. The van der Waals surface area contributed by atoms with E-state index in [2.05, 4.69) is 0 Å². The Morgan fingerprint density at radius 2 is 2.11 bits per heavy atom. The highest BCUT2D eigenvalue weighted by Gasteiger charge is 2.33. The van der Waals surface area contributed by atoms with Crippen LogP contribution in [0.25, 0.3) is 0 Å². The van der Waals surface area contributed by atoms with E-state index in [1.54, 1.807) is 36.2 Å². The van der Waals surface area contributed by atoms with Crippen molar-refractivity contribution in [1.29, 1.82) is 5.26 Å². The molecule has 0 saturated carbocycles. The van der Waals surface area contributed by atoms with Gasteiger partial charge in [-0.15, -0.1) is 0 Å². The number of carbonyl (C=O) groups is 1. The first kappa shape index (κ1) is 12.6. The molecule has 1 fully saturated rings. The second kappa shape index (κ2) is 5.17. The molecular weight excluding hydrogens is 230 g/mol. The third kappa shape index (κ3) is 2.35. The van der Waals surface area contributed by atoms with E-state index in [-0.39, 0.29) is 17.9 Å². The molecule has 2 rings (SSSR count). The first-order valence-corrected chi connectivity index (χ1v) is 5.74. The minimum absolute atomic E-state index is 0.0512. The fourth-order valence-corrected chi connectivity index (χ4v) is 1.96. The number of nitriles is 1. The summed E-state index contributed by atoms with van der Waals surface area (Å²) in [5.41, 5.74) is 7.14. The molecule has 0 spiro atoms. The molecule has 0 radical (unpaired) electrons. The maximum atomic E-state index is 12.2. The molecule has 1 aliphatic heterocycles. The molecule has 1 aromatic rings. The Morgan fingerprint density at radius 3 is 2.61 bits per heavy atom. The van der Waals surface area contributed by atoms with Crippen LogP contribution in [0.4, 0.5) is 5.69 Å². The van der Waals surface area contributed by atoms with Gasteiger partial charge in [0.05, 0.1) is 30.8 Å². The standard InChI is InChI=1S/C13H15N3O2/c1-16(10-4-2-9(6-14)3-5-10)13(17)11-7-18-8-12(11)15/h2-5,11-12H,7-8,15H2,1H3. The quantitative estimate of drug-likeness (QED) is 0.822. The average molecular weight is 245 g/mol. The van der Waals surface area contributed by atoms with Gasteiger partial charge in [-0.25, -0.2) is 0 Å². The van der Waals surface area contributed by atoms with Crippen molar-refractivity contribution in [3.8, 4) is 6.07 Å². The molecule has 94 valence electrons. The summed E-state index contributed by atoms with van der Waals surface area (Å²) in [6, 6.07) is 8.67. The lowest BCUT2D eigenvalue weighted by Gasteiger charge is -2.22. The lowest BCUT2D eigenvalue weighted by molar-refractivity contribution is -0.122. The minimum Gasteiger partial charge on any atom is -0.379 e. The van der Waals surface area contributed by atoms with Crippen LogP contribution in [-0.4, -0.2) is 32.2 Å². The highest BCUT2D eigenvalue weighted by Crippen LogP contribution is 2.20. The zero-order valence-corrected chi connectivity index (χ0v) is 10.2. The van der Waals surface area contributed by atoms with E-state index in [9.17, 15) is 4.79 Å². The van der Waals surface area contributed by atoms with Crippen molar-refractivity contribution in [2.75, 3.05) is 25.2 Å². The van der Waals surface area contributed by atoms with Gasteiger partial charge in [-0.3, -0.25) is 4.79 Å². The minimum atomic E-state index is -0.286. The summed E-state index contributed by atoms with van der Waals surface area (Å²) in [6.45, 7) is 0.804. The van der Waals surface area contributed by atoms with Crippen LogP contribution in [0.2, 0.25) is 0 Å². The van der Waals surface area contributed by atoms with Crippen LogP contribution in [0, 0.1) is 17.2 Å². The van der Waals surface area contributed by atoms with Crippen LogP contribution in [0.5, 0.6) is 0 Å². The Kier molecular flexibility index (Phi) is 3.60. The van der Waals surface area contributed by atoms with E-state index in [1.807, 2.05) is 6.07 Å². The molecule has 2 atom stereocenters. The van der Waals surface area contributed by atoms with E-state index < -0.39 is 0 Å². The van der Waals surface area contributed by atoms with Crippen molar-refractivity contribution in [3.63, 3.8) is 0 Å². The monoisotopic (exact) mass is 245 g/mol. The number of hydrogen-bond acceptors (Lipinski definition) is 4. The summed E-state index contributed by atoms with van der Waals surface area (Å²) in [5.74, 6) is -0.338. The van der Waals surface area contributed by atoms with E-state index in [0.717, 1.165) is 5.69 Å². The highest BCUT2D eigenvalue weighted by molar-refractivity contribution is 5.95. The molecule has 0 aliphatic carbocycles. The number of rotatable bonds is 2. The predicted molar refractivity (Wildman–Crippen MR) is 66.9 cm³/mol. The van der Waals surface area contributed by atoms with Gasteiger partial charge >= 0.3 is 0 Å². The Labute approximate surface area is 106 Å². The van der Waals surface area contributed by atoms with Crippen LogP contribution in [0.3, 0.4) is 0 Å². The summed E-state index contributed by atoms with van der Waals surface area (Å²) in [4.78, 5) is 13.8. The van der Waals surface area contributed by atoms with Gasteiger partial charge in [-0.1, -0.05) is 0 Å². The van der Waals surface area contributed by atoms with Gasteiger partial charge in [0.15, 0.2) is 0 Å². The molecule has 5 heteroatoms. The second-order valence-electron chi connectivity index (χ2n) is 4.36. The molecule has 1 aliphatic rings. The molecular formula is C13H15N3O2. The highest BCUT2D eigenvalue weighted by atomic mass is 16.5. The molecule has 1 aromatic carbocycles. The molecule has 1 saturated heterocycles. The lowest BCUT2D eigenvalue weighted by Crippen LogP contribution is -2.42. The van der Waals surface area contributed by atoms with Crippen molar-refractivity contribution in [1.82, 2.24) is 0 Å². The molecule has 0 bridgehead atoms. The van der Waals surface area contributed by atoms with Gasteiger partial charge < -0.3 is 15.4 Å². The Balaban J connectivity index is 2.12. The van der Waals surface area contributed by atoms with E-state index in [4.69, 9.17) is 15.7 Å². The smallest absolute Gasteiger partial charge is 0.233 e.